The Hall–Kier alpha value is -2.47. The standard InChI is InChI=1S/C23H28F2N2O2/c1-23(2,3)29-22(28)26-21-15-27(14-16-7-5-4-6-8-16)12-11-18(21)19-13-17(24)9-10-20(19)25/h4-10,13,18,21H,11-12,14-15H2,1-3H3,(H,26,28)/t18-,21+/m1/s1. The van der Waals surface area contributed by atoms with E-state index in [9.17, 15) is 13.6 Å². The first-order chi connectivity index (χ1) is 13.7. The zero-order valence-electron chi connectivity index (χ0n) is 17.1. The molecule has 2 aromatic rings. The van der Waals surface area contributed by atoms with Crippen molar-refractivity contribution in [3.05, 3.63) is 71.3 Å². The summed E-state index contributed by atoms with van der Waals surface area (Å²) in [5.74, 6) is -1.27. The highest BCUT2D eigenvalue weighted by atomic mass is 19.1. The molecule has 1 amide bonds. The zero-order valence-corrected chi connectivity index (χ0v) is 17.1. The number of nitrogens with one attached hydrogen (secondary N) is 1. The van der Waals surface area contributed by atoms with E-state index in [2.05, 4.69) is 22.3 Å². The molecular formula is C23H28F2N2O2. The maximum atomic E-state index is 14.5. The number of piperidine rings is 1. The van der Waals surface area contributed by atoms with Crippen molar-refractivity contribution in [2.24, 2.45) is 0 Å². The number of ether oxygens (including phenoxy) is 1. The van der Waals surface area contributed by atoms with Crippen molar-refractivity contribution in [1.82, 2.24) is 10.2 Å². The molecule has 6 heteroatoms. The van der Waals surface area contributed by atoms with Gasteiger partial charge in [0.1, 0.15) is 17.2 Å². The number of carbonyl (C=O) groups is 1. The molecule has 0 spiro atoms. The van der Waals surface area contributed by atoms with E-state index in [4.69, 9.17) is 4.74 Å². The Kier molecular flexibility index (Phi) is 6.52. The van der Waals surface area contributed by atoms with Gasteiger partial charge < -0.3 is 10.1 Å². The number of alkyl carbamates (subject to hydrolysis) is 1. The molecular weight excluding hydrogens is 374 g/mol. The van der Waals surface area contributed by atoms with Gasteiger partial charge in [-0.2, -0.15) is 0 Å². The SMILES string of the molecule is CC(C)(C)OC(=O)N[C@H]1CN(Cc2ccccc2)CC[C@@H]1c1cc(F)ccc1F. The van der Waals surface area contributed by atoms with Gasteiger partial charge in [0.15, 0.2) is 0 Å². The van der Waals surface area contributed by atoms with E-state index in [1.54, 1.807) is 20.8 Å². The Morgan fingerprint density at radius 3 is 2.59 bits per heavy atom. The number of amides is 1. The molecule has 0 aromatic heterocycles. The highest BCUT2D eigenvalue weighted by molar-refractivity contribution is 5.68. The van der Waals surface area contributed by atoms with Crippen molar-refractivity contribution in [1.29, 1.82) is 0 Å². The summed E-state index contributed by atoms with van der Waals surface area (Å²) in [5.41, 5.74) is 0.826. The molecule has 3 rings (SSSR count). The molecule has 0 unspecified atom stereocenters. The van der Waals surface area contributed by atoms with Crippen LogP contribution in [0, 0.1) is 11.6 Å². The second-order valence-corrected chi connectivity index (χ2v) is 8.53. The lowest BCUT2D eigenvalue weighted by Gasteiger charge is -2.39. The Balaban J connectivity index is 1.79. The topological polar surface area (TPSA) is 41.6 Å². The molecule has 0 aliphatic carbocycles. The number of hydrogen-bond donors (Lipinski definition) is 1. The Labute approximate surface area is 170 Å². The van der Waals surface area contributed by atoms with Crippen LogP contribution >= 0.6 is 0 Å². The third kappa shape index (κ3) is 6.00. The smallest absolute Gasteiger partial charge is 0.407 e. The van der Waals surface area contributed by atoms with E-state index >= 15 is 0 Å². The molecule has 1 fully saturated rings. The quantitative estimate of drug-likeness (QED) is 0.795. The van der Waals surface area contributed by atoms with Gasteiger partial charge in [-0.15, -0.1) is 0 Å². The monoisotopic (exact) mass is 402 g/mol. The lowest BCUT2D eigenvalue weighted by molar-refractivity contribution is 0.0454. The summed E-state index contributed by atoms with van der Waals surface area (Å²) in [7, 11) is 0. The molecule has 1 aliphatic rings. The fourth-order valence-corrected chi connectivity index (χ4v) is 3.78. The van der Waals surface area contributed by atoms with Gasteiger partial charge in [0.2, 0.25) is 0 Å². The number of carbonyl (C=O) groups excluding carboxylic acids is 1. The van der Waals surface area contributed by atoms with Gasteiger partial charge in [0, 0.05) is 19.0 Å². The van der Waals surface area contributed by atoms with Gasteiger partial charge in [-0.25, -0.2) is 13.6 Å². The van der Waals surface area contributed by atoms with Crippen LogP contribution < -0.4 is 5.32 Å². The summed E-state index contributed by atoms with van der Waals surface area (Å²) in [5, 5.41) is 2.89. The average Bonchev–Trinajstić information content (AvgIpc) is 2.63. The molecule has 2 aromatic carbocycles. The van der Waals surface area contributed by atoms with Crippen LogP contribution in [0.4, 0.5) is 13.6 Å². The minimum absolute atomic E-state index is 0.297. The highest BCUT2D eigenvalue weighted by Crippen LogP contribution is 2.31. The van der Waals surface area contributed by atoms with Crippen LogP contribution in [-0.2, 0) is 11.3 Å². The minimum Gasteiger partial charge on any atom is -0.444 e. The number of nitrogens with zero attached hydrogens (tertiary/aromatic N) is 1. The van der Waals surface area contributed by atoms with Crippen molar-refractivity contribution >= 4 is 6.09 Å². The average molecular weight is 402 g/mol. The van der Waals surface area contributed by atoms with Crippen LogP contribution in [0.5, 0.6) is 0 Å². The number of rotatable bonds is 4. The van der Waals surface area contributed by atoms with Crippen molar-refractivity contribution in [2.45, 2.75) is 51.3 Å². The van der Waals surface area contributed by atoms with Crippen LogP contribution in [0.2, 0.25) is 0 Å². The predicted molar refractivity (Wildman–Crippen MR) is 109 cm³/mol. The number of benzene rings is 2. The molecule has 4 nitrogen and oxygen atoms in total. The third-order valence-electron chi connectivity index (χ3n) is 5.01. The van der Waals surface area contributed by atoms with Gasteiger partial charge in [0.25, 0.3) is 0 Å². The maximum absolute atomic E-state index is 14.5. The fourth-order valence-electron chi connectivity index (χ4n) is 3.78. The highest BCUT2D eigenvalue weighted by Gasteiger charge is 2.34. The predicted octanol–water partition coefficient (Wildman–Crippen LogP) is 4.85. The minimum atomic E-state index is -0.637. The molecule has 29 heavy (non-hydrogen) atoms. The van der Waals surface area contributed by atoms with Crippen LogP contribution in [0.15, 0.2) is 48.5 Å². The molecule has 0 bridgehead atoms. The molecule has 1 N–H and O–H groups in total. The second kappa shape index (κ2) is 8.91. The number of hydrogen-bond acceptors (Lipinski definition) is 3. The summed E-state index contributed by atoms with van der Waals surface area (Å²) in [6.07, 6.45) is 0.0547. The summed E-state index contributed by atoms with van der Waals surface area (Å²) < 4.78 is 33.6. The first-order valence-electron chi connectivity index (χ1n) is 9.92. The molecule has 156 valence electrons. The first-order valence-corrected chi connectivity index (χ1v) is 9.92. The molecule has 2 atom stereocenters. The first kappa shape index (κ1) is 21.2. The van der Waals surface area contributed by atoms with Gasteiger partial charge in [-0.05, 0) is 63.1 Å². The molecule has 1 saturated heterocycles. The van der Waals surface area contributed by atoms with Crippen molar-refractivity contribution < 1.29 is 18.3 Å². The van der Waals surface area contributed by atoms with E-state index in [-0.39, 0.29) is 5.92 Å². The van der Waals surface area contributed by atoms with Crippen molar-refractivity contribution in [2.75, 3.05) is 13.1 Å². The van der Waals surface area contributed by atoms with Crippen LogP contribution in [0.1, 0.15) is 44.2 Å². The summed E-state index contributed by atoms with van der Waals surface area (Å²) in [6, 6.07) is 13.1. The summed E-state index contributed by atoms with van der Waals surface area (Å²) >= 11 is 0. The van der Waals surface area contributed by atoms with Gasteiger partial charge in [0.05, 0.1) is 6.04 Å². The largest absolute Gasteiger partial charge is 0.444 e. The Morgan fingerprint density at radius 2 is 1.90 bits per heavy atom. The maximum Gasteiger partial charge on any atom is 0.407 e. The van der Waals surface area contributed by atoms with E-state index < -0.39 is 29.4 Å². The normalized spacial score (nSPS) is 20.3. The fraction of sp³-hybridized carbons (Fsp3) is 0.435. The van der Waals surface area contributed by atoms with Crippen molar-refractivity contribution in [3.8, 4) is 0 Å². The van der Waals surface area contributed by atoms with Crippen LogP contribution in [-0.4, -0.2) is 35.7 Å². The van der Waals surface area contributed by atoms with Gasteiger partial charge >= 0.3 is 6.09 Å². The molecule has 0 saturated carbocycles. The second-order valence-electron chi connectivity index (χ2n) is 8.53. The van der Waals surface area contributed by atoms with Crippen molar-refractivity contribution in [3.63, 3.8) is 0 Å². The number of likely N-dealkylation sites (tertiary alicyclic amines) is 1. The van der Waals surface area contributed by atoms with E-state index in [0.29, 0.717) is 18.5 Å². The lowest BCUT2D eigenvalue weighted by atomic mass is 9.84. The van der Waals surface area contributed by atoms with E-state index in [1.807, 2.05) is 18.2 Å². The molecule has 0 radical (unpaired) electrons. The zero-order chi connectivity index (χ0) is 21.0. The lowest BCUT2D eigenvalue weighted by Crippen LogP contribution is -2.52. The summed E-state index contributed by atoms with van der Waals surface area (Å²) in [4.78, 5) is 14.6. The molecule has 1 aliphatic heterocycles. The van der Waals surface area contributed by atoms with E-state index in [0.717, 1.165) is 25.2 Å². The Bertz CT molecular complexity index is 837. The number of halogens is 2. The van der Waals surface area contributed by atoms with Gasteiger partial charge in [-0.1, -0.05) is 30.3 Å². The van der Waals surface area contributed by atoms with E-state index in [1.165, 1.54) is 11.6 Å². The molecule has 1 heterocycles. The van der Waals surface area contributed by atoms with Crippen LogP contribution in [0.3, 0.4) is 0 Å². The Morgan fingerprint density at radius 1 is 1.17 bits per heavy atom. The van der Waals surface area contributed by atoms with Gasteiger partial charge in [-0.3, -0.25) is 4.90 Å². The third-order valence-corrected chi connectivity index (χ3v) is 5.01. The van der Waals surface area contributed by atoms with Crippen LogP contribution in [0.25, 0.3) is 0 Å². The summed E-state index contributed by atoms with van der Waals surface area (Å²) in [6.45, 7) is 7.35.